The third kappa shape index (κ3) is 4.33. The van der Waals surface area contributed by atoms with Gasteiger partial charge >= 0.3 is 0 Å². The Balaban J connectivity index is 1.77. The van der Waals surface area contributed by atoms with Gasteiger partial charge < -0.3 is 0 Å². The summed E-state index contributed by atoms with van der Waals surface area (Å²) in [5.41, 5.74) is 1.71. The van der Waals surface area contributed by atoms with Crippen LogP contribution in [0.5, 0.6) is 0 Å². The van der Waals surface area contributed by atoms with Crippen molar-refractivity contribution in [2.24, 2.45) is 0 Å². The van der Waals surface area contributed by atoms with Gasteiger partial charge in [0, 0.05) is 15.7 Å². The van der Waals surface area contributed by atoms with E-state index in [1.807, 2.05) is 42.5 Å². The predicted octanol–water partition coefficient (Wildman–Crippen LogP) is 5.49. The molecule has 0 saturated heterocycles. The molecule has 0 atom stereocenters. The van der Waals surface area contributed by atoms with Crippen molar-refractivity contribution in [1.29, 1.82) is 0 Å². The molecule has 0 fully saturated rings. The molecule has 0 aliphatic rings. The first-order valence-electron chi connectivity index (χ1n) is 7.07. The summed E-state index contributed by atoms with van der Waals surface area (Å²) in [7, 11) is -3.54. The fraction of sp³-hybridized carbons (Fsp3) is 0.0588. The van der Waals surface area contributed by atoms with E-state index in [0.717, 1.165) is 16.2 Å². The predicted molar refractivity (Wildman–Crippen MR) is 103 cm³/mol. The van der Waals surface area contributed by atoms with Crippen molar-refractivity contribution in [2.75, 3.05) is 4.72 Å². The molecule has 0 spiro atoms. The molecule has 0 aliphatic heterocycles. The number of anilines is 1. The number of benzene rings is 2. The number of para-hydroxylation sites is 1. The SMILES string of the molecule is O=S(=O)(Nc1ccccc1SCc1ccc(Cl)cc1)c1cccs1. The lowest BCUT2D eigenvalue weighted by Crippen LogP contribution is -2.12. The van der Waals surface area contributed by atoms with Crippen LogP contribution in [0, 0.1) is 0 Å². The van der Waals surface area contributed by atoms with E-state index in [4.69, 9.17) is 11.6 Å². The Morgan fingerprint density at radius 2 is 1.75 bits per heavy atom. The highest BCUT2D eigenvalue weighted by atomic mass is 35.5. The third-order valence-corrected chi connectivity index (χ3v) is 7.36. The Morgan fingerprint density at radius 3 is 2.46 bits per heavy atom. The van der Waals surface area contributed by atoms with Crippen molar-refractivity contribution in [3.05, 3.63) is 76.6 Å². The normalized spacial score (nSPS) is 11.4. The van der Waals surface area contributed by atoms with Gasteiger partial charge in [-0.3, -0.25) is 4.72 Å². The zero-order valence-corrected chi connectivity index (χ0v) is 15.7. The van der Waals surface area contributed by atoms with Gasteiger partial charge in [0.15, 0.2) is 0 Å². The molecule has 0 unspecified atom stereocenters. The summed E-state index contributed by atoms with van der Waals surface area (Å²) in [6.45, 7) is 0. The van der Waals surface area contributed by atoms with Gasteiger partial charge in [-0.25, -0.2) is 8.42 Å². The maximum atomic E-state index is 12.4. The van der Waals surface area contributed by atoms with Crippen LogP contribution in [0.3, 0.4) is 0 Å². The fourth-order valence-electron chi connectivity index (χ4n) is 2.03. The smallest absolute Gasteiger partial charge is 0.271 e. The highest BCUT2D eigenvalue weighted by molar-refractivity contribution is 7.99. The van der Waals surface area contributed by atoms with Crippen LogP contribution < -0.4 is 4.72 Å². The molecule has 24 heavy (non-hydrogen) atoms. The quantitative estimate of drug-likeness (QED) is 0.561. The molecule has 1 aromatic heterocycles. The minimum absolute atomic E-state index is 0.306. The first-order chi connectivity index (χ1) is 11.5. The number of nitrogens with one attached hydrogen (secondary N) is 1. The average Bonchev–Trinajstić information content (AvgIpc) is 3.11. The van der Waals surface area contributed by atoms with Crippen LogP contribution in [0.4, 0.5) is 5.69 Å². The Bertz CT molecular complexity index is 907. The van der Waals surface area contributed by atoms with Crippen LogP contribution >= 0.6 is 34.7 Å². The monoisotopic (exact) mass is 395 g/mol. The van der Waals surface area contributed by atoms with E-state index in [1.54, 1.807) is 35.3 Å². The molecule has 2 aromatic carbocycles. The van der Waals surface area contributed by atoms with Crippen LogP contribution in [0.25, 0.3) is 0 Å². The van der Waals surface area contributed by atoms with Gasteiger partial charge in [0.1, 0.15) is 4.21 Å². The molecule has 0 radical (unpaired) electrons. The van der Waals surface area contributed by atoms with E-state index in [1.165, 1.54) is 11.3 Å². The molecule has 3 aromatic rings. The number of hydrogen-bond acceptors (Lipinski definition) is 4. The Morgan fingerprint density at radius 1 is 1.00 bits per heavy atom. The number of halogens is 1. The molecule has 0 aliphatic carbocycles. The maximum absolute atomic E-state index is 12.4. The van der Waals surface area contributed by atoms with Gasteiger partial charge in [0.25, 0.3) is 10.0 Å². The van der Waals surface area contributed by atoms with Gasteiger partial charge in [-0.1, -0.05) is 41.9 Å². The number of thiophene rings is 1. The standard InChI is InChI=1S/C17H14ClNO2S3/c18-14-9-7-13(8-10-14)12-23-16-5-2-1-4-15(16)19-24(20,21)17-6-3-11-22-17/h1-11,19H,12H2. The molecule has 1 N–H and O–H groups in total. The summed E-state index contributed by atoms with van der Waals surface area (Å²) in [5, 5.41) is 2.45. The van der Waals surface area contributed by atoms with Crippen LogP contribution in [-0.2, 0) is 15.8 Å². The fourth-order valence-corrected chi connectivity index (χ4v) is 5.26. The van der Waals surface area contributed by atoms with E-state index >= 15 is 0 Å². The highest BCUT2D eigenvalue weighted by Gasteiger charge is 2.16. The van der Waals surface area contributed by atoms with Crippen LogP contribution in [0.2, 0.25) is 5.02 Å². The number of sulfonamides is 1. The molecule has 124 valence electrons. The maximum Gasteiger partial charge on any atom is 0.271 e. The molecule has 3 rings (SSSR count). The zero-order valence-electron chi connectivity index (χ0n) is 12.5. The van der Waals surface area contributed by atoms with E-state index < -0.39 is 10.0 Å². The number of rotatable bonds is 6. The molecule has 3 nitrogen and oxygen atoms in total. The molecular weight excluding hydrogens is 382 g/mol. The van der Waals surface area contributed by atoms with Gasteiger partial charge in [0.05, 0.1) is 5.69 Å². The summed E-state index contributed by atoms with van der Waals surface area (Å²) in [6, 6.07) is 18.3. The zero-order chi connectivity index (χ0) is 17.0. The average molecular weight is 396 g/mol. The minimum atomic E-state index is -3.54. The summed E-state index contributed by atoms with van der Waals surface area (Å²) in [4.78, 5) is 0.882. The van der Waals surface area contributed by atoms with Gasteiger partial charge in [-0.15, -0.1) is 23.1 Å². The van der Waals surface area contributed by atoms with Crippen molar-refractivity contribution < 1.29 is 8.42 Å². The van der Waals surface area contributed by atoms with E-state index in [0.29, 0.717) is 14.9 Å². The van der Waals surface area contributed by atoms with Gasteiger partial charge in [-0.05, 0) is 41.3 Å². The Labute approximate surface area is 154 Å². The molecule has 0 saturated carbocycles. The summed E-state index contributed by atoms with van der Waals surface area (Å²) in [5.74, 6) is 0.731. The van der Waals surface area contributed by atoms with Gasteiger partial charge in [0.2, 0.25) is 0 Å². The first kappa shape index (κ1) is 17.4. The van der Waals surface area contributed by atoms with Crippen LogP contribution in [0.15, 0.2) is 75.1 Å². The van der Waals surface area contributed by atoms with Gasteiger partial charge in [-0.2, -0.15) is 0 Å². The number of hydrogen-bond donors (Lipinski definition) is 1. The lowest BCUT2D eigenvalue weighted by Gasteiger charge is -2.11. The minimum Gasteiger partial charge on any atom is -0.278 e. The molecule has 0 bridgehead atoms. The second-order valence-corrected chi connectivity index (χ2v) is 9.26. The Hall–Kier alpha value is -1.47. The summed E-state index contributed by atoms with van der Waals surface area (Å²) < 4.78 is 27.8. The van der Waals surface area contributed by atoms with Crippen LogP contribution in [-0.4, -0.2) is 8.42 Å². The van der Waals surface area contributed by atoms with Crippen molar-refractivity contribution >= 4 is 50.4 Å². The lowest BCUT2D eigenvalue weighted by atomic mass is 10.2. The lowest BCUT2D eigenvalue weighted by molar-refractivity contribution is 0.603. The highest BCUT2D eigenvalue weighted by Crippen LogP contribution is 2.32. The van der Waals surface area contributed by atoms with E-state index in [9.17, 15) is 8.42 Å². The van der Waals surface area contributed by atoms with Crippen molar-refractivity contribution in [2.45, 2.75) is 14.9 Å². The second kappa shape index (κ2) is 7.61. The topological polar surface area (TPSA) is 46.2 Å². The van der Waals surface area contributed by atoms with Crippen molar-refractivity contribution in [1.82, 2.24) is 0 Å². The first-order valence-corrected chi connectivity index (χ1v) is 10.8. The Kier molecular flexibility index (Phi) is 5.50. The second-order valence-electron chi connectivity index (χ2n) is 4.95. The van der Waals surface area contributed by atoms with Crippen molar-refractivity contribution in [3.63, 3.8) is 0 Å². The summed E-state index contributed by atoms with van der Waals surface area (Å²) in [6.07, 6.45) is 0. The van der Waals surface area contributed by atoms with Crippen molar-refractivity contribution in [3.8, 4) is 0 Å². The number of thioether (sulfide) groups is 1. The molecular formula is C17H14ClNO2S3. The largest absolute Gasteiger partial charge is 0.278 e. The summed E-state index contributed by atoms with van der Waals surface area (Å²) >= 11 is 8.67. The molecule has 0 amide bonds. The van der Waals surface area contributed by atoms with E-state index in [2.05, 4.69) is 4.72 Å². The molecule has 1 heterocycles. The van der Waals surface area contributed by atoms with Crippen LogP contribution in [0.1, 0.15) is 5.56 Å². The van der Waals surface area contributed by atoms with E-state index in [-0.39, 0.29) is 0 Å². The third-order valence-electron chi connectivity index (χ3n) is 3.20. The molecule has 7 heteroatoms.